The molecule has 0 aliphatic carbocycles. The molecule has 0 unspecified atom stereocenters. The first-order valence-corrected chi connectivity index (χ1v) is 5.01. The molecular formula is C13H14O3. The molecule has 0 aliphatic heterocycles. The number of ether oxygens (including phenoxy) is 1. The maximum atomic E-state index is 11.0. The maximum absolute atomic E-state index is 11.0. The molecule has 3 heteroatoms. The van der Waals surface area contributed by atoms with Gasteiger partial charge in [-0.1, -0.05) is 24.0 Å². The Labute approximate surface area is 95.1 Å². The van der Waals surface area contributed by atoms with Gasteiger partial charge >= 0.3 is 5.97 Å². The zero-order chi connectivity index (χ0) is 11.8. The van der Waals surface area contributed by atoms with Crippen molar-refractivity contribution in [1.82, 2.24) is 0 Å². The zero-order valence-electron chi connectivity index (χ0n) is 9.19. The summed E-state index contributed by atoms with van der Waals surface area (Å²) in [5, 5.41) is 8.56. The summed E-state index contributed by atoms with van der Waals surface area (Å²) in [6.45, 7) is 0.0768. The molecule has 0 atom stereocenters. The van der Waals surface area contributed by atoms with Crippen molar-refractivity contribution >= 4 is 5.97 Å². The smallest absolute Gasteiger partial charge is 0.309 e. The van der Waals surface area contributed by atoms with Gasteiger partial charge in [0.2, 0.25) is 0 Å². The predicted molar refractivity (Wildman–Crippen MR) is 60.7 cm³/mol. The van der Waals surface area contributed by atoms with Crippen LogP contribution in [0.1, 0.15) is 17.5 Å². The van der Waals surface area contributed by atoms with Gasteiger partial charge in [0.05, 0.1) is 20.1 Å². The van der Waals surface area contributed by atoms with Crippen LogP contribution in [0.2, 0.25) is 0 Å². The lowest BCUT2D eigenvalue weighted by Crippen LogP contribution is -2.04. The van der Waals surface area contributed by atoms with Gasteiger partial charge in [-0.05, 0) is 17.7 Å². The van der Waals surface area contributed by atoms with Crippen molar-refractivity contribution < 1.29 is 14.6 Å². The molecule has 0 saturated heterocycles. The molecule has 1 N–H and O–H groups in total. The third-order valence-corrected chi connectivity index (χ3v) is 2.00. The summed E-state index contributed by atoms with van der Waals surface area (Å²) in [5.74, 6) is 5.49. The van der Waals surface area contributed by atoms with E-state index in [9.17, 15) is 4.79 Å². The first kappa shape index (κ1) is 12.3. The average molecular weight is 218 g/mol. The number of methoxy groups -OCH3 is 1. The lowest BCUT2D eigenvalue weighted by atomic mass is 10.1. The van der Waals surface area contributed by atoms with Gasteiger partial charge in [0, 0.05) is 12.0 Å². The lowest BCUT2D eigenvalue weighted by molar-refractivity contribution is -0.139. The molecule has 1 rings (SSSR count). The van der Waals surface area contributed by atoms with Gasteiger partial charge < -0.3 is 9.84 Å². The van der Waals surface area contributed by atoms with Gasteiger partial charge in [0.1, 0.15) is 0 Å². The highest BCUT2D eigenvalue weighted by molar-refractivity contribution is 5.72. The molecule has 0 amide bonds. The Morgan fingerprint density at radius 3 is 2.62 bits per heavy atom. The van der Waals surface area contributed by atoms with Crippen molar-refractivity contribution in [2.75, 3.05) is 13.7 Å². The number of esters is 1. The molecule has 0 heterocycles. The van der Waals surface area contributed by atoms with E-state index in [0.717, 1.165) is 11.1 Å². The second-order valence-corrected chi connectivity index (χ2v) is 3.23. The van der Waals surface area contributed by atoms with Gasteiger partial charge in [0.15, 0.2) is 0 Å². The number of benzene rings is 1. The molecule has 0 aromatic heterocycles. The Morgan fingerprint density at radius 1 is 1.38 bits per heavy atom. The molecule has 0 bridgehead atoms. The number of carbonyl (C=O) groups is 1. The predicted octanol–water partition coefficient (Wildman–Crippen LogP) is 1.14. The molecule has 0 saturated carbocycles. The third kappa shape index (κ3) is 4.16. The second-order valence-electron chi connectivity index (χ2n) is 3.23. The fraction of sp³-hybridized carbons (Fsp3) is 0.308. The maximum Gasteiger partial charge on any atom is 0.309 e. The summed E-state index contributed by atoms with van der Waals surface area (Å²) in [6, 6.07) is 7.39. The highest BCUT2D eigenvalue weighted by Crippen LogP contribution is 2.04. The Bertz CT molecular complexity index is 395. The van der Waals surface area contributed by atoms with Crippen LogP contribution in [0.25, 0.3) is 0 Å². The minimum Gasteiger partial charge on any atom is -0.469 e. The van der Waals surface area contributed by atoms with Gasteiger partial charge in [-0.2, -0.15) is 0 Å². The lowest BCUT2D eigenvalue weighted by Gasteiger charge is -1.99. The van der Waals surface area contributed by atoms with Crippen LogP contribution in [-0.4, -0.2) is 24.8 Å². The normalized spacial score (nSPS) is 9.12. The molecule has 1 aromatic carbocycles. The van der Waals surface area contributed by atoms with E-state index in [1.165, 1.54) is 7.11 Å². The van der Waals surface area contributed by atoms with Crippen molar-refractivity contribution in [2.24, 2.45) is 0 Å². The Morgan fingerprint density at radius 2 is 2.06 bits per heavy atom. The second kappa shape index (κ2) is 6.65. The summed E-state index contributed by atoms with van der Waals surface area (Å²) >= 11 is 0. The number of aliphatic hydroxyl groups is 1. The quantitative estimate of drug-likeness (QED) is 0.611. The molecule has 1 aromatic rings. The zero-order valence-corrected chi connectivity index (χ0v) is 9.19. The van der Waals surface area contributed by atoms with Crippen molar-refractivity contribution in [1.29, 1.82) is 0 Å². The van der Waals surface area contributed by atoms with Crippen LogP contribution in [-0.2, 0) is 16.0 Å². The van der Waals surface area contributed by atoms with Crippen LogP contribution in [0.3, 0.4) is 0 Å². The van der Waals surface area contributed by atoms with E-state index in [4.69, 9.17) is 5.11 Å². The van der Waals surface area contributed by atoms with Gasteiger partial charge in [-0.25, -0.2) is 0 Å². The van der Waals surface area contributed by atoms with Gasteiger partial charge in [-0.15, -0.1) is 0 Å². The summed E-state index contributed by atoms with van der Waals surface area (Å²) in [7, 11) is 1.37. The van der Waals surface area contributed by atoms with Crippen molar-refractivity contribution in [3.63, 3.8) is 0 Å². The van der Waals surface area contributed by atoms with Crippen LogP contribution in [0.15, 0.2) is 24.3 Å². The molecular weight excluding hydrogens is 204 g/mol. The summed E-state index contributed by atoms with van der Waals surface area (Å²) < 4.78 is 4.57. The molecule has 0 radical (unpaired) electrons. The molecule has 84 valence electrons. The van der Waals surface area contributed by atoms with Crippen LogP contribution < -0.4 is 0 Å². The largest absolute Gasteiger partial charge is 0.469 e. The first-order valence-electron chi connectivity index (χ1n) is 5.01. The van der Waals surface area contributed by atoms with Gasteiger partial charge in [-0.3, -0.25) is 4.79 Å². The summed E-state index contributed by atoms with van der Waals surface area (Å²) in [6.07, 6.45) is 0.755. The Balaban J connectivity index is 2.62. The van der Waals surface area contributed by atoms with E-state index in [-0.39, 0.29) is 19.0 Å². The van der Waals surface area contributed by atoms with Crippen LogP contribution >= 0.6 is 0 Å². The van der Waals surface area contributed by atoms with Gasteiger partial charge in [0.25, 0.3) is 0 Å². The van der Waals surface area contributed by atoms with Crippen LogP contribution in [0.4, 0.5) is 0 Å². The van der Waals surface area contributed by atoms with Crippen molar-refractivity contribution in [3.8, 4) is 11.8 Å². The number of carbonyl (C=O) groups excluding carboxylic acids is 1. The molecule has 0 aliphatic rings. The average Bonchev–Trinajstić information content (AvgIpc) is 2.31. The SMILES string of the molecule is COC(=O)Cc1ccc(C#CCCO)cc1. The fourth-order valence-electron chi connectivity index (χ4n) is 1.17. The molecule has 3 nitrogen and oxygen atoms in total. The monoisotopic (exact) mass is 218 g/mol. The Hall–Kier alpha value is -1.79. The molecule has 0 spiro atoms. The Kier molecular flexibility index (Phi) is 5.10. The van der Waals surface area contributed by atoms with Crippen molar-refractivity contribution in [3.05, 3.63) is 35.4 Å². The number of hydrogen-bond acceptors (Lipinski definition) is 3. The minimum absolute atomic E-state index is 0.0768. The standard InChI is InChI=1S/C13H14O3/c1-16-13(15)10-12-7-5-11(6-8-12)4-2-3-9-14/h5-8,14H,3,9-10H2,1H3. The molecule has 16 heavy (non-hydrogen) atoms. The van der Waals surface area contributed by atoms with E-state index in [1.54, 1.807) is 0 Å². The highest BCUT2D eigenvalue weighted by Gasteiger charge is 2.01. The summed E-state index contributed by atoms with van der Waals surface area (Å²) in [5.41, 5.74) is 1.78. The molecule has 0 fully saturated rings. The number of aliphatic hydroxyl groups excluding tert-OH is 1. The van der Waals surface area contributed by atoms with Crippen LogP contribution in [0.5, 0.6) is 0 Å². The van der Waals surface area contributed by atoms with E-state index >= 15 is 0 Å². The summed E-state index contributed by atoms with van der Waals surface area (Å²) in [4.78, 5) is 11.0. The van der Waals surface area contributed by atoms with E-state index in [2.05, 4.69) is 16.6 Å². The topological polar surface area (TPSA) is 46.5 Å². The number of rotatable bonds is 3. The minimum atomic E-state index is -0.251. The highest BCUT2D eigenvalue weighted by atomic mass is 16.5. The van der Waals surface area contributed by atoms with E-state index < -0.39 is 0 Å². The first-order chi connectivity index (χ1) is 7.76. The van der Waals surface area contributed by atoms with Crippen molar-refractivity contribution in [2.45, 2.75) is 12.8 Å². The third-order valence-electron chi connectivity index (χ3n) is 2.00. The number of hydrogen-bond donors (Lipinski definition) is 1. The van der Waals surface area contributed by atoms with E-state index in [1.807, 2.05) is 24.3 Å². The van der Waals surface area contributed by atoms with E-state index in [0.29, 0.717) is 6.42 Å². The fourth-order valence-corrected chi connectivity index (χ4v) is 1.17. The van der Waals surface area contributed by atoms with Crippen LogP contribution in [0, 0.1) is 11.8 Å².